The average molecular weight is 297 g/mol. The van der Waals surface area contributed by atoms with Crippen LogP contribution >= 0.6 is 0 Å². The van der Waals surface area contributed by atoms with Gasteiger partial charge in [-0.2, -0.15) is 0 Å². The molecule has 0 saturated heterocycles. The zero-order valence-electron chi connectivity index (χ0n) is 12.8. The van der Waals surface area contributed by atoms with E-state index in [-0.39, 0.29) is 18.0 Å². The third kappa shape index (κ3) is 1.85. The van der Waals surface area contributed by atoms with Gasteiger partial charge in [0.15, 0.2) is 0 Å². The summed E-state index contributed by atoms with van der Waals surface area (Å²) in [6, 6.07) is 7.85. The van der Waals surface area contributed by atoms with Gasteiger partial charge in [-0.3, -0.25) is 4.79 Å². The summed E-state index contributed by atoms with van der Waals surface area (Å²) in [5.74, 6) is 0.781. The van der Waals surface area contributed by atoms with E-state index >= 15 is 0 Å². The lowest BCUT2D eigenvalue weighted by atomic mass is 9.94. The molecule has 0 spiro atoms. The van der Waals surface area contributed by atoms with Crippen molar-refractivity contribution in [3.8, 4) is 0 Å². The number of H-pyrrole nitrogens is 1. The van der Waals surface area contributed by atoms with Crippen LogP contribution in [0.2, 0.25) is 0 Å². The normalized spacial score (nSPS) is 24.0. The fourth-order valence-corrected chi connectivity index (χ4v) is 3.51. The van der Waals surface area contributed by atoms with E-state index in [2.05, 4.69) is 28.2 Å². The first kappa shape index (κ1) is 13.4. The molecule has 22 heavy (non-hydrogen) atoms. The van der Waals surface area contributed by atoms with Crippen LogP contribution in [0.5, 0.6) is 0 Å². The molecule has 2 aromatic rings. The van der Waals surface area contributed by atoms with Crippen molar-refractivity contribution in [2.75, 3.05) is 6.61 Å². The number of rotatable bonds is 1. The fourth-order valence-electron chi connectivity index (χ4n) is 3.51. The number of hydrogen-bond acceptors (Lipinski definition) is 3. The summed E-state index contributed by atoms with van der Waals surface area (Å²) in [7, 11) is 0. The fraction of sp³-hybridized carbons (Fsp3) is 0.412. The number of aromatic nitrogens is 1. The minimum absolute atomic E-state index is 0.0737. The lowest BCUT2D eigenvalue weighted by Gasteiger charge is -2.39. The smallest absolute Gasteiger partial charge is 0.248 e. The molecule has 0 saturated carbocycles. The predicted molar refractivity (Wildman–Crippen MR) is 84.9 cm³/mol. The van der Waals surface area contributed by atoms with Gasteiger partial charge in [0.25, 0.3) is 0 Å². The van der Waals surface area contributed by atoms with Crippen molar-refractivity contribution in [1.29, 1.82) is 0 Å². The van der Waals surface area contributed by atoms with Crippen molar-refractivity contribution in [3.05, 3.63) is 35.5 Å². The number of hydrogen-bond donors (Lipinski definition) is 1. The molecule has 0 radical (unpaired) electrons. The zero-order chi connectivity index (χ0) is 15.3. The Balaban J connectivity index is 1.81. The van der Waals surface area contributed by atoms with Crippen LogP contribution in [0.15, 0.2) is 29.3 Å². The molecule has 4 rings (SSSR count). The molecule has 2 aliphatic rings. The molecule has 2 atom stereocenters. The van der Waals surface area contributed by atoms with Crippen LogP contribution < -0.4 is 0 Å². The first-order valence-corrected chi connectivity index (χ1v) is 7.78. The molecular weight excluding hydrogens is 278 g/mol. The Hall–Kier alpha value is -2.30. The van der Waals surface area contributed by atoms with Crippen molar-refractivity contribution in [2.45, 2.75) is 38.9 Å². The highest BCUT2D eigenvalue weighted by Crippen LogP contribution is 2.32. The Bertz CT molecular complexity index is 777. The zero-order valence-corrected chi connectivity index (χ0v) is 12.8. The van der Waals surface area contributed by atoms with Crippen molar-refractivity contribution >= 4 is 22.7 Å². The maximum Gasteiger partial charge on any atom is 0.248 e. The van der Waals surface area contributed by atoms with Gasteiger partial charge >= 0.3 is 0 Å². The lowest BCUT2D eigenvalue weighted by molar-refractivity contribution is -0.135. The second-order valence-electron chi connectivity index (χ2n) is 5.89. The molecule has 1 aromatic heterocycles. The number of fused-ring (bicyclic) bond motifs is 4. The van der Waals surface area contributed by atoms with Crippen LogP contribution in [0.4, 0.5) is 0 Å². The van der Waals surface area contributed by atoms with Crippen molar-refractivity contribution in [2.24, 2.45) is 4.99 Å². The van der Waals surface area contributed by atoms with E-state index in [1.54, 1.807) is 0 Å². The highest BCUT2D eigenvalue weighted by molar-refractivity contribution is 5.97. The summed E-state index contributed by atoms with van der Waals surface area (Å²) in [6.45, 7) is 4.96. The number of para-hydroxylation sites is 1. The SMILES string of the molecule is CCOC1=N[C@@H](C)C(=O)N2Cc3[nH]c4ccccc4c3C[C@@H]12. The molecule has 114 valence electrons. The van der Waals surface area contributed by atoms with Gasteiger partial charge in [0.05, 0.1) is 13.2 Å². The Morgan fingerprint density at radius 3 is 3.05 bits per heavy atom. The molecule has 0 aliphatic carbocycles. The van der Waals surface area contributed by atoms with E-state index < -0.39 is 0 Å². The molecule has 5 heteroatoms. The Morgan fingerprint density at radius 2 is 2.23 bits per heavy atom. The highest BCUT2D eigenvalue weighted by Gasteiger charge is 2.41. The number of aromatic amines is 1. The van der Waals surface area contributed by atoms with Gasteiger partial charge in [-0.15, -0.1) is 0 Å². The quantitative estimate of drug-likeness (QED) is 0.877. The monoisotopic (exact) mass is 297 g/mol. The second-order valence-corrected chi connectivity index (χ2v) is 5.89. The Labute approximate surface area is 129 Å². The molecule has 0 fully saturated rings. The summed E-state index contributed by atoms with van der Waals surface area (Å²) in [6.07, 6.45) is 0.761. The van der Waals surface area contributed by atoms with Crippen molar-refractivity contribution < 1.29 is 9.53 Å². The molecule has 1 aromatic carbocycles. The number of ether oxygens (including phenoxy) is 1. The van der Waals surface area contributed by atoms with E-state index in [0.29, 0.717) is 19.0 Å². The number of nitrogens with one attached hydrogen (secondary N) is 1. The molecule has 1 N–H and O–H groups in total. The maximum atomic E-state index is 12.5. The number of carbonyl (C=O) groups excluding carboxylic acids is 1. The van der Waals surface area contributed by atoms with E-state index in [1.807, 2.05) is 24.8 Å². The third-order valence-electron chi connectivity index (χ3n) is 4.54. The standard InChI is InChI=1S/C17H19N3O2/c1-3-22-16-15-8-12-11-6-4-5-7-13(11)19-14(12)9-20(15)17(21)10(2)18-16/h4-7,10,15,19H,3,8-9H2,1-2H3/t10-,15-/m0/s1. The van der Waals surface area contributed by atoms with Gasteiger partial charge in [-0.05, 0) is 25.5 Å². The largest absolute Gasteiger partial charge is 0.480 e. The topological polar surface area (TPSA) is 57.7 Å². The average Bonchev–Trinajstić information content (AvgIpc) is 2.89. The van der Waals surface area contributed by atoms with Crippen LogP contribution in [-0.2, 0) is 22.5 Å². The number of amides is 1. The molecular formula is C17H19N3O2. The first-order valence-electron chi connectivity index (χ1n) is 7.78. The summed E-state index contributed by atoms with van der Waals surface area (Å²) < 4.78 is 5.72. The minimum atomic E-state index is -0.358. The van der Waals surface area contributed by atoms with Crippen molar-refractivity contribution in [3.63, 3.8) is 0 Å². The van der Waals surface area contributed by atoms with Crippen LogP contribution in [0, 0.1) is 0 Å². The summed E-state index contributed by atoms with van der Waals surface area (Å²) in [5, 5.41) is 1.24. The van der Waals surface area contributed by atoms with Gasteiger partial charge in [0, 0.05) is 23.0 Å². The second kappa shape index (κ2) is 4.87. The predicted octanol–water partition coefficient (Wildman–Crippen LogP) is 2.26. The van der Waals surface area contributed by atoms with Crippen LogP contribution in [0.25, 0.3) is 10.9 Å². The number of aliphatic imine (C=N–C) groups is 1. The number of benzene rings is 1. The minimum Gasteiger partial charge on any atom is -0.480 e. The van der Waals surface area contributed by atoms with Crippen LogP contribution in [-0.4, -0.2) is 40.4 Å². The van der Waals surface area contributed by atoms with Crippen molar-refractivity contribution in [1.82, 2.24) is 9.88 Å². The van der Waals surface area contributed by atoms with Gasteiger partial charge in [0.1, 0.15) is 12.1 Å². The third-order valence-corrected chi connectivity index (χ3v) is 4.54. The van der Waals surface area contributed by atoms with Gasteiger partial charge < -0.3 is 14.6 Å². The Kier molecular flexibility index (Phi) is 2.96. The van der Waals surface area contributed by atoms with E-state index in [1.165, 1.54) is 10.9 Å². The van der Waals surface area contributed by atoms with E-state index in [4.69, 9.17) is 4.74 Å². The van der Waals surface area contributed by atoms with E-state index in [0.717, 1.165) is 17.6 Å². The number of carbonyl (C=O) groups is 1. The Morgan fingerprint density at radius 1 is 1.41 bits per heavy atom. The summed E-state index contributed by atoms with van der Waals surface area (Å²) in [4.78, 5) is 22.3. The molecule has 1 amide bonds. The summed E-state index contributed by atoms with van der Waals surface area (Å²) in [5.41, 5.74) is 3.55. The highest BCUT2D eigenvalue weighted by atomic mass is 16.5. The van der Waals surface area contributed by atoms with Crippen LogP contribution in [0.1, 0.15) is 25.1 Å². The van der Waals surface area contributed by atoms with Gasteiger partial charge in [-0.1, -0.05) is 18.2 Å². The van der Waals surface area contributed by atoms with E-state index in [9.17, 15) is 4.79 Å². The molecule has 3 heterocycles. The maximum absolute atomic E-state index is 12.5. The molecule has 5 nitrogen and oxygen atoms in total. The molecule has 0 bridgehead atoms. The number of nitrogens with zero attached hydrogens (tertiary/aromatic N) is 2. The van der Waals surface area contributed by atoms with Crippen LogP contribution in [0.3, 0.4) is 0 Å². The van der Waals surface area contributed by atoms with Gasteiger partial charge in [-0.25, -0.2) is 4.99 Å². The summed E-state index contributed by atoms with van der Waals surface area (Å²) >= 11 is 0. The molecule has 0 unspecified atom stereocenters. The lowest BCUT2D eigenvalue weighted by Crippen LogP contribution is -2.55. The van der Waals surface area contributed by atoms with Gasteiger partial charge in [0.2, 0.25) is 11.8 Å². The molecule has 2 aliphatic heterocycles. The first-order chi connectivity index (χ1) is 10.7.